The minimum atomic E-state index is 0.181. The maximum Gasteiger partial charge on any atom is 0.256 e. The van der Waals surface area contributed by atoms with Gasteiger partial charge in [0.25, 0.3) is 5.91 Å². The fraction of sp³-hybridized carbons (Fsp3) is 0.625. The second kappa shape index (κ2) is 5.81. The van der Waals surface area contributed by atoms with E-state index in [4.69, 9.17) is 0 Å². The Morgan fingerprint density at radius 2 is 2.20 bits per heavy atom. The molecule has 4 nitrogen and oxygen atoms in total. The quantitative estimate of drug-likeness (QED) is 0.831. The van der Waals surface area contributed by atoms with E-state index in [9.17, 15) is 4.79 Å². The van der Waals surface area contributed by atoms with Crippen molar-refractivity contribution in [2.75, 3.05) is 18.4 Å². The van der Waals surface area contributed by atoms with E-state index in [1.165, 1.54) is 25.7 Å². The fourth-order valence-electron chi connectivity index (χ4n) is 2.50. The predicted molar refractivity (Wildman–Crippen MR) is 79.8 cm³/mol. The Bertz CT molecular complexity index is 480. The first-order valence-electron chi connectivity index (χ1n) is 7.78. The van der Waals surface area contributed by atoms with Crippen molar-refractivity contribution in [2.24, 2.45) is 5.92 Å². The summed E-state index contributed by atoms with van der Waals surface area (Å²) in [4.78, 5) is 19.1. The van der Waals surface area contributed by atoms with Crippen LogP contribution in [0.1, 0.15) is 49.4 Å². The van der Waals surface area contributed by atoms with Crippen molar-refractivity contribution >= 4 is 11.6 Å². The minimum Gasteiger partial charge on any atom is -0.383 e. The highest BCUT2D eigenvalue weighted by molar-refractivity contribution is 5.99. The Balaban J connectivity index is 1.76. The maximum absolute atomic E-state index is 12.8. The fourth-order valence-corrected chi connectivity index (χ4v) is 2.50. The highest BCUT2D eigenvalue weighted by atomic mass is 16.2. The molecule has 0 radical (unpaired) electrons. The number of anilines is 1. The molecule has 1 N–H and O–H groups in total. The Labute approximate surface area is 120 Å². The van der Waals surface area contributed by atoms with Crippen LogP contribution >= 0.6 is 0 Å². The molecule has 2 aliphatic carbocycles. The largest absolute Gasteiger partial charge is 0.383 e. The zero-order valence-electron chi connectivity index (χ0n) is 12.1. The van der Waals surface area contributed by atoms with Crippen molar-refractivity contribution in [1.29, 1.82) is 0 Å². The van der Waals surface area contributed by atoms with E-state index in [-0.39, 0.29) is 5.91 Å². The molecule has 1 heterocycles. The Morgan fingerprint density at radius 1 is 1.40 bits per heavy atom. The summed E-state index contributed by atoms with van der Waals surface area (Å²) in [6.45, 7) is 3.94. The third-order valence-corrected chi connectivity index (χ3v) is 4.02. The third-order valence-electron chi connectivity index (χ3n) is 4.02. The lowest BCUT2D eigenvalue weighted by Crippen LogP contribution is -2.35. The molecule has 0 bridgehead atoms. The lowest BCUT2D eigenvalue weighted by Gasteiger charge is -2.23. The van der Waals surface area contributed by atoms with E-state index in [0.717, 1.165) is 36.7 Å². The highest BCUT2D eigenvalue weighted by Crippen LogP contribution is 2.36. The van der Waals surface area contributed by atoms with Crippen molar-refractivity contribution < 1.29 is 4.79 Å². The van der Waals surface area contributed by atoms with Gasteiger partial charge in [-0.2, -0.15) is 0 Å². The van der Waals surface area contributed by atoms with Gasteiger partial charge in [0.15, 0.2) is 0 Å². The molecular formula is C16H23N3O. The molecule has 0 spiro atoms. The molecule has 0 saturated heterocycles. The summed E-state index contributed by atoms with van der Waals surface area (Å²) in [6.07, 6.45) is 9.43. The molecule has 4 heteroatoms. The average Bonchev–Trinajstić information content (AvgIpc) is 3.35. The van der Waals surface area contributed by atoms with Crippen LogP contribution in [0.25, 0.3) is 0 Å². The lowest BCUT2D eigenvalue weighted by molar-refractivity contribution is 0.0735. The summed E-state index contributed by atoms with van der Waals surface area (Å²) in [6, 6.07) is 2.33. The second-order valence-electron chi connectivity index (χ2n) is 5.98. The first-order chi connectivity index (χ1) is 9.79. The van der Waals surface area contributed by atoms with Gasteiger partial charge in [-0.15, -0.1) is 0 Å². The van der Waals surface area contributed by atoms with Crippen molar-refractivity contribution in [1.82, 2.24) is 9.88 Å². The summed E-state index contributed by atoms with van der Waals surface area (Å²) in [5.41, 5.74) is 1.65. The number of hydrogen-bond acceptors (Lipinski definition) is 3. The molecular weight excluding hydrogens is 250 g/mol. The standard InChI is InChI=1S/C16H23N3O/c1-2-8-18-15-10-17-9-7-14(15)16(20)19(13-5-6-13)11-12-3-4-12/h7,9-10,12-13,18H,2-6,8,11H2,1H3. The third kappa shape index (κ3) is 3.11. The Kier molecular flexibility index (Phi) is 3.90. The SMILES string of the molecule is CCCNc1cnccc1C(=O)N(CC1CC1)C1CC1. The van der Waals surface area contributed by atoms with Gasteiger partial charge in [0.05, 0.1) is 17.4 Å². The van der Waals surface area contributed by atoms with E-state index >= 15 is 0 Å². The number of rotatable bonds is 7. The molecule has 3 rings (SSSR count). The van der Waals surface area contributed by atoms with Crippen LogP contribution in [-0.2, 0) is 0 Å². The van der Waals surface area contributed by atoms with Gasteiger partial charge in [-0.05, 0) is 44.1 Å². The number of amides is 1. The summed E-state index contributed by atoms with van der Waals surface area (Å²) >= 11 is 0. The van der Waals surface area contributed by atoms with Gasteiger partial charge in [0.2, 0.25) is 0 Å². The molecule has 0 unspecified atom stereocenters. The molecule has 0 aromatic carbocycles. The minimum absolute atomic E-state index is 0.181. The van der Waals surface area contributed by atoms with E-state index in [0.29, 0.717) is 6.04 Å². The zero-order valence-corrected chi connectivity index (χ0v) is 12.1. The van der Waals surface area contributed by atoms with E-state index in [2.05, 4.69) is 22.1 Å². The van der Waals surface area contributed by atoms with E-state index in [1.54, 1.807) is 12.4 Å². The van der Waals surface area contributed by atoms with Crippen molar-refractivity contribution in [3.8, 4) is 0 Å². The molecule has 1 aromatic heterocycles. The van der Waals surface area contributed by atoms with Gasteiger partial charge in [0, 0.05) is 25.3 Å². The summed E-state index contributed by atoms with van der Waals surface area (Å²) < 4.78 is 0. The van der Waals surface area contributed by atoms with Gasteiger partial charge in [0.1, 0.15) is 0 Å². The van der Waals surface area contributed by atoms with Gasteiger partial charge in [-0.3, -0.25) is 9.78 Å². The van der Waals surface area contributed by atoms with Gasteiger partial charge < -0.3 is 10.2 Å². The van der Waals surface area contributed by atoms with Gasteiger partial charge in [-0.25, -0.2) is 0 Å². The number of pyridine rings is 1. The van der Waals surface area contributed by atoms with Crippen molar-refractivity contribution in [2.45, 2.75) is 45.1 Å². The first kappa shape index (κ1) is 13.4. The Morgan fingerprint density at radius 3 is 2.85 bits per heavy atom. The smallest absolute Gasteiger partial charge is 0.256 e. The number of hydrogen-bond donors (Lipinski definition) is 1. The molecule has 2 aliphatic rings. The van der Waals surface area contributed by atoms with Crippen LogP contribution in [0, 0.1) is 5.92 Å². The normalized spacial score (nSPS) is 17.9. The second-order valence-corrected chi connectivity index (χ2v) is 5.98. The van der Waals surface area contributed by atoms with Crippen LogP contribution in [0.4, 0.5) is 5.69 Å². The van der Waals surface area contributed by atoms with Gasteiger partial charge in [-0.1, -0.05) is 6.92 Å². The predicted octanol–water partition coefficient (Wildman–Crippen LogP) is 2.92. The van der Waals surface area contributed by atoms with Crippen LogP contribution in [0.5, 0.6) is 0 Å². The topological polar surface area (TPSA) is 45.2 Å². The van der Waals surface area contributed by atoms with E-state index < -0.39 is 0 Å². The van der Waals surface area contributed by atoms with Gasteiger partial charge >= 0.3 is 0 Å². The monoisotopic (exact) mass is 273 g/mol. The molecule has 108 valence electrons. The molecule has 2 saturated carbocycles. The first-order valence-corrected chi connectivity index (χ1v) is 7.78. The number of nitrogens with one attached hydrogen (secondary N) is 1. The van der Waals surface area contributed by atoms with Crippen LogP contribution < -0.4 is 5.32 Å². The molecule has 2 fully saturated rings. The van der Waals surface area contributed by atoms with Crippen LogP contribution in [0.3, 0.4) is 0 Å². The number of carbonyl (C=O) groups is 1. The molecule has 1 amide bonds. The highest BCUT2D eigenvalue weighted by Gasteiger charge is 2.37. The van der Waals surface area contributed by atoms with Crippen LogP contribution in [-0.4, -0.2) is 34.9 Å². The van der Waals surface area contributed by atoms with Crippen molar-refractivity contribution in [3.63, 3.8) is 0 Å². The number of nitrogens with zero attached hydrogens (tertiary/aromatic N) is 2. The summed E-state index contributed by atoms with van der Waals surface area (Å²) in [7, 11) is 0. The molecule has 20 heavy (non-hydrogen) atoms. The van der Waals surface area contributed by atoms with Crippen molar-refractivity contribution in [3.05, 3.63) is 24.0 Å². The molecule has 0 aliphatic heterocycles. The summed E-state index contributed by atoms with van der Waals surface area (Å²) in [5, 5.41) is 3.32. The Hall–Kier alpha value is -1.58. The average molecular weight is 273 g/mol. The zero-order chi connectivity index (χ0) is 13.9. The van der Waals surface area contributed by atoms with Crippen LogP contribution in [0.2, 0.25) is 0 Å². The number of aromatic nitrogens is 1. The van der Waals surface area contributed by atoms with E-state index in [1.807, 2.05) is 6.07 Å². The molecule has 1 aromatic rings. The maximum atomic E-state index is 12.8. The molecule has 0 atom stereocenters. The summed E-state index contributed by atoms with van der Waals surface area (Å²) in [5.74, 6) is 0.925. The number of carbonyl (C=O) groups excluding carboxylic acids is 1. The lowest BCUT2D eigenvalue weighted by atomic mass is 10.1. The van der Waals surface area contributed by atoms with Crippen LogP contribution in [0.15, 0.2) is 18.5 Å².